The maximum atomic E-state index is 5.99. The number of hydrogen-bond donors (Lipinski definition) is 2. The Morgan fingerprint density at radius 2 is 1.81 bits per heavy atom. The molecule has 0 aliphatic heterocycles. The molecule has 26 heavy (non-hydrogen) atoms. The van der Waals surface area contributed by atoms with Gasteiger partial charge in [-0.2, -0.15) is 10.1 Å². The zero-order valence-electron chi connectivity index (χ0n) is 14.6. The Kier molecular flexibility index (Phi) is 5.38. The fourth-order valence-electron chi connectivity index (χ4n) is 2.35. The number of aromatic nitrogens is 3. The summed E-state index contributed by atoms with van der Waals surface area (Å²) in [5, 5.41) is 15.0. The lowest BCUT2D eigenvalue weighted by molar-refractivity contribution is 0.405. The molecule has 0 aliphatic rings. The van der Waals surface area contributed by atoms with E-state index in [1.54, 1.807) is 32.5 Å². The van der Waals surface area contributed by atoms with Crippen LogP contribution in [0.3, 0.4) is 0 Å². The molecule has 8 heteroatoms. The summed E-state index contributed by atoms with van der Waals surface area (Å²) in [7, 11) is 3.19. The van der Waals surface area contributed by atoms with Crippen molar-refractivity contribution >= 4 is 34.7 Å². The van der Waals surface area contributed by atoms with E-state index >= 15 is 0 Å². The fraction of sp³-hybridized carbons (Fsp3) is 0.167. The van der Waals surface area contributed by atoms with Crippen molar-refractivity contribution in [2.45, 2.75) is 6.92 Å². The van der Waals surface area contributed by atoms with Crippen molar-refractivity contribution < 1.29 is 9.47 Å². The second kappa shape index (κ2) is 7.88. The molecule has 1 aromatic heterocycles. The predicted octanol–water partition coefficient (Wildman–Crippen LogP) is 4.34. The Balaban J connectivity index is 1.84. The molecule has 0 fully saturated rings. The third-order valence-corrected chi connectivity index (χ3v) is 3.90. The number of methoxy groups -OCH3 is 2. The monoisotopic (exact) mass is 371 g/mol. The Morgan fingerprint density at radius 3 is 2.54 bits per heavy atom. The van der Waals surface area contributed by atoms with Gasteiger partial charge in [-0.05, 0) is 42.8 Å². The number of halogens is 1. The number of hydrogen-bond acceptors (Lipinski definition) is 7. The molecular formula is C18H18ClN5O2. The minimum atomic E-state index is 0.327. The summed E-state index contributed by atoms with van der Waals surface area (Å²) >= 11 is 5.99. The number of benzene rings is 2. The van der Waals surface area contributed by atoms with Crippen molar-refractivity contribution in [3.8, 4) is 11.5 Å². The second-order valence-electron chi connectivity index (χ2n) is 5.44. The van der Waals surface area contributed by atoms with Gasteiger partial charge in [0.15, 0.2) is 5.82 Å². The molecule has 0 saturated carbocycles. The largest absolute Gasteiger partial charge is 0.497 e. The summed E-state index contributed by atoms with van der Waals surface area (Å²) in [6.45, 7) is 1.96. The second-order valence-corrected chi connectivity index (χ2v) is 5.88. The topological polar surface area (TPSA) is 81.2 Å². The van der Waals surface area contributed by atoms with Crippen LogP contribution in [-0.2, 0) is 0 Å². The molecule has 1 heterocycles. The van der Waals surface area contributed by atoms with Crippen LogP contribution in [0.15, 0.2) is 42.6 Å². The van der Waals surface area contributed by atoms with E-state index in [1.165, 1.54) is 0 Å². The first-order valence-electron chi connectivity index (χ1n) is 7.81. The van der Waals surface area contributed by atoms with Crippen LogP contribution in [0.2, 0.25) is 5.02 Å². The van der Waals surface area contributed by atoms with Crippen molar-refractivity contribution in [1.82, 2.24) is 15.2 Å². The number of rotatable bonds is 6. The zero-order chi connectivity index (χ0) is 18.5. The van der Waals surface area contributed by atoms with Crippen molar-refractivity contribution in [3.63, 3.8) is 0 Å². The lowest BCUT2D eigenvalue weighted by Crippen LogP contribution is -2.04. The van der Waals surface area contributed by atoms with Gasteiger partial charge >= 0.3 is 0 Å². The highest BCUT2D eigenvalue weighted by atomic mass is 35.5. The van der Waals surface area contributed by atoms with E-state index in [9.17, 15) is 0 Å². The summed E-state index contributed by atoms with van der Waals surface area (Å²) in [5.41, 5.74) is 2.56. The van der Waals surface area contributed by atoms with E-state index in [0.29, 0.717) is 34.0 Å². The molecule has 0 atom stereocenters. The molecule has 0 bridgehead atoms. The number of nitrogens with one attached hydrogen (secondary N) is 2. The van der Waals surface area contributed by atoms with Gasteiger partial charge in [-0.25, -0.2) is 0 Å². The highest BCUT2D eigenvalue weighted by Gasteiger charge is 2.09. The summed E-state index contributed by atoms with van der Waals surface area (Å²) in [6.07, 6.45) is 1.54. The van der Waals surface area contributed by atoms with Gasteiger partial charge in [0.05, 0.1) is 26.1 Å². The first kappa shape index (κ1) is 17.8. The van der Waals surface area contributed by atoms with Crippen molar-refractivity contribution in [3.05, 3.63) is 53.2 Å². The number of anilines is 4. The van der Waals surface area contributed by atoms with Gasteiger partial charge in [0.2, 0.25) is 5.95 Å². The SMILES string of the molecule is COc1ccc(OC)c(Nc2nncc(Nc3ccc(Cl)cc3C)n2)c1. The third kappa shape index (κ3) is 4.12. The predicted molar refractivity (Wildman–Crippen MR) is 102 cm³/mol. The molecular weight excluding hydrogens is 354 g/mol. The minimum Gasteiger partial charge on any atom is -0.497 e. The minimum absolute atomic E-state index is 0.327. The van der Waals surface area contributed by atoms with Gasteiger partial charge in [0.1, 0.15) is 11.5 Å². The van der Waals surface area contributed by atoms with Crippen molar-refractivity contribution in [1.29, 1.82) is 0 Å². The summed E-state index contributed by atoms with van der Waals surface area (Å²) in [5.74, 6) is 2.21. The quantitative estimate of drug-likeness (QED) is 0.667. The maximum Gasteiger partial charge on any atom is 0.249 e. The average molecular weight is 372 g/mol. The van der Waals surface area contributed by atoms with Crippen LogP contribution >= 0.6 is 11.6 Å². The molecule has 134 valence electrons. The molecule has 0 radical (unpaired) electrons. The van der Waals surface area contributed by atoms with E-state index in [1.807, 2.05) is 31.2 Å². The highest BCUT2D eigenvalue weighted by molar-refractivity contribution is 6.30. The summed E-state index contributed by atoms with van der Waals surface area (Å²) in [6, 6.07) is 11.0. The molecule has 0 unspecified atom stereocenters. The lowest BCUT2D eigenvalue weighted by atomic mass is 10.2. The Morgan fingerprint density at radius 1 is 0.962 bits per heavy atom. The van der Waals surface area contributed by atoms with Crippen LogP contribution in [0.1, 0.15) is 5.56 Å². The van der Waals surface area contributed by atoms with E-state index in [4.69, 9.17) is 21.1 Å². The molecule has 2 aromatic carbocycles. The van der Waals surface area contributed by atoms with Gasteiger partial charge in [-0.15, -0.1) is 5.10 Å². The van der Waals surface area contributed by atoms with Gasteiger partial charge in [0, 0.05) is 16.8 Å². The molecule has 0 amide bonds. The van der Waals surface area contributed by atoms with Crippen molar-refractivity contribution in [2.24, 2.45) is 0 Å². The summed E-state index contributed by atoms with van der Waals surface area (Å²) < 4.78 is 10.6. The molecule has 3 rings (SSSR count). The van der Waals surface area contributed by atoms with Crippen LogP contribution in [0.5, 0.6) is 11.5 Å². The van der Waals surface area contributed by atoms with Crippen LogP contribution in [0, 0.1) is 6.92 Å². The molecule has 2 N–H and O–H groups in total. The third-order valence-electron chi connectivity index (χ3n) is 3.66. The van der Waals surface area contributed by atoms with Crippen LogP contribution in [-0.4, -0.2) is 29.4 Å². The van der Waals surface area contributed by atoms with Crippen LogP contribution in [0.25, 0.3) is 0 Å². The fourth-order valence-corrected chi connectivity index (χ4v) is 2.58. The van der Waals surface area contributed by atoms with Gasteiger partial charge < -0.3 is 20.1 Å². The van der Waals surface area contributed by atoms with E-state index in [-0.39, 0.29) is 0 Å². The number of nitrogens with zero attached hydrogens (tertiary/aromatic N) is 3. The zero-order valence-corrected chi connectivity index (χ0v) is 15.3. The lowest BCUT2D eigenvalue weighted by Gasteiger charge is -2.12. The van der Waals surface area contributed by atoms with E-state index in [0.717, 1.165) is 11.3 Å². The molecule has 0 saturated heterocycles. The average Bonchev–Trinajstić information content (AvgIpc) is 2.64. The first-order chi connectivity index (χ1) is 12.6. The van der Waals surface area contributed by atoms with Gasteiger partial charge in [-0.1, -0.05) is 11.6 Å². The van der Waals surface area contributed by atoms with Crippen LogP contribution < -0.4 is 20.1 Å². The molecule has 0 aliphatic carbocycles. The summed E-state index contributed by atoms with van der Waals surface area (Å²) in [4.78, 5) is 4.43. The Labute approximate surface area is 156 Å². The van der Waals surface area contributed by atoms with E-state index in [2.05, 4.69) is 25.8 Å². The first-order valence-corrected chi connectivity index (χ1v) is 8.19. The van der Waals surface area contributed by atoms with Crippen LogP contribution in [0.4, 0.5) is 23.1 Å². The van der Waals surface area contributed by atoms with Gasteiger partial charge in [-0.3, -0.25) is 0 Å². The molecule has 0 spiro atoms. The Bertz CT molecular complexity index is 920. The smallest absolute Gasteiger partial charge is 0.249 e. The Hall–Kier alpha value is -3.06. The normalized spacial score (nSPS) is 10.3. The standard InChI is InChI=1S/C18H18ClN5O2/c1-11-8-12(19)4-6-14(11)21-17-10-20-24-18(23-17)22-15-9-13(25-2)5-7-16(15)26-3/h4-10H,1-3H3,(H2,21,22,23,24). The maximum absolute atomic E-state index is 5.99. The van der Waals surface area contributed by atoms with E-state index < -0.39 is 0 Å². The van der Waals surface area contributed by atoms with Gasteiger partial charge in [0.25, 0.3) is 0 Å². The van der Waals surface area contributed by atoms with Crippen molar-refractivity contribution in [2.75, 3.05) is 24.9 Å². The molecule has 7 nitrogen and oxygen atoms in total. The highest BCUT2D eigenvalue weighted by Crippen LogP contribution is 2.31. The number of ether oxygens (including phenoxy) is 2. The number of aryl methyl sites for hydroxylation is 1. The molecule has 3 aromatic rings.